The first-order valence-electron chi connectivity index (χ1n) is 8.21. The second-order valence-corrected chi connectivity index (χ2v) is 6.72. The van der Waals surface area contributed by atoms with Gasteiger partial charge in [-0.05, 0) is 30.0 Å². The zero-order chi connectivity index (χ0) is 17.3. The van der Waals surface area contributed by atoms with E-state index in [4.69, 9.17) is 0 Å². The highest BCUT2D eigenvalue weighted by atomic mass is 19.4. The van der Waals surface area contributed by atoms with Crippen LogP contribution in [-0.2, 0) is 19.6 Å². The summed E-state index contributed by atoms with van der Waals surface area (Å²) < 4.78 is 40.2. The molecule has 0 N–H and O–H groups in total. The average molecular weight is 337 g/mol. The molecule has 1 aliphatic rings. The Bertz CT molecular complexity index is 676. The Labute approximate surface area is 140 Å². The van der Waals surface area contributed by atoms with Gasteiger partial charge >= 0.3 is 6.18 Å². The molecule has 1 aromatic heterocycles. The Kier molecular flexibility index (Phi) is 4.67. The Morgan fingerprint density at radius 2 is 1.92 bits per heavy atom. The fraction of sp³-hybridized carbons (Fsp3) is 0.500. The second kappa shape index (κ2) is 6.59. The standard InChI is InChI=1S/C18H22F3N3/c1-13-9-17(14-3-5-15(6-4-14)18(19,20)21)24(11-13)8-7-16-10-22-12-23(16)2/h3-6,10,12-13,17H,7-9,11H2,1-2H3/t13-,17-/m1/s1. The summed E-state index contributed by atoms with van der Waals surface area (Å²) in [5.74, 6) is 0.545. The van der Waals surface area contributed by atoms with Crippen molar-refractivity contribution in [2.75, 3.05) is 13.1 Å². The first-order valence-corrected chi connectivity index (χ1v) is 8.21. The minimum atomic E-state index is -4.28. The lowest BCUT2D eigenvalue weighted by Gasteiger charge is -2.25. The molecule has 2 atom stereocenters. The van der Waals surface area contributed by atoms with Gasteiger partial charge in [-0.1, -0.05) is 19.1 Å². The van der Waals surface area contributed by atoms with E-state index in [1.807, 2.05) is 17.8 Å². The van der Waals surface area contributed by atoms with Crippen molar-refractivity contribution in [3.05, 3.63) is 53.6 Å². The van der Waals surface area contributed by atoms with Crippen LogP contribution in [0.4, 0.5) is 13.2 Å². The van der Waals surface area contributed by atoms with E-state index in [1.54, 1.807) is 18.5 Å². The molecule has 1 fully saturated rings. The van der Waals surface area contributed by atoms with Gasteiger partial charge in [0, 0.05) is 44.5 Å². The lowest BCUT2D eigenvalue weighted by Crippen LogP contribution is -2.26. The van der Waals surface area contributed by atoms with Crippen LogP contribution in [0.25, 0.3) is 0 Å². The highest BCUT2D eigenvalue weighted by Gasteiger charge is 2.33. The molecule has 24 heavy (non-hydrogen) atoms. The predicted octanol–water partition coefficient (Wildman–Crippen LogP) is 4.06. The number of rotatable bonds is 4. The number of alkyl halides is 3. The maximum Gasteiger partial charge on any atom is 0.416 e. The normalized spacial score (nSPS) is 22.2. The average Bonchev–Trinajstić information content (AvgIpc) is 3.10. The van der Waals surface area contributed by atoms with Crippen LogP contribution in [0.15, 0.2) is 36.8 Å². The van der Waals surface area contributed by atoms with Gasteiger partial charge in [0.1, 0.15) is 0 Å². The number of halogens is 3. The maximum absolute atomic E-state index is 12.7. The molecule has 3 nitrogen and oxygen atoms in total. The summed E-state index contributed by atoms with van der Waals surface area (Å²) in [7, 11) is 1.97. The molecule has 2 aromatic rings. The summed E-state index contributed by atoms with van der Waals surface area (Å²) in [5, 5.41) is 0. The molecule has 0 bridgehead atoms. The number of imidazole rings is 1. The fourth-order valence-corrected chi connectivity index (χ4v) is 3.50. The van der Waals surface area contributed by atoms with E-state index in [2.05, 4.69) is 16.8 Å². The smallest absolute Gasteiger partial charge is 0.338 e. The van der Waals surface area contributed by atoms with Gasteiger partial charge in [-0.3, -0.25) is 4.90 Å². The van der Waals surface area contributed by atoms with E-state index in [9.17, 15) is 13.2 Å². The largest absolute Gasteiger partial charge is 0.416 e. The SMILES string of the molecule is C[C@@H]1C[C@H](c2ccc(C(F)(F)F)cc2)N(CCc2cncn2C)C1. The second-order valence-electron chi connectivity index (χ2n) is 6.72. The van der Waals surface area contributed by atoms with Gasteiger partial charge in [0.05, 0.1) is 11.9 Å². The summed E-state index contributed by atoms with van der Waals surface area (Å²) in [6, 6.07) is 5.83. The number of aryl methyl sites for hydroxylation is 1. The van der Waals surface area contributed by atoms with Crippen LogP contribution in [-0.4, -0.2) is 27.5 Å². The molecule has 0 radical (unpaired) electrons. The van der Waals surface area contributed by atoms with Gasteiger partial charge in [-0.2, -0.15) is 13.2 Å². The maximum atomic E-state index is 12.7. The number of hydrogen-bond acceptors (Lipinski definition) is 2. The topological polar surface area (TPSA) is 21.1 Å². The van der Waals surface area contributed by atoms with Gasteiger partial charge in [0.25, 0.3) is 0 Å². The van der Waals surface area contributed by atoms with Gasteiger partial charge in [-0.15, -0.1) is 0 Å². The molecule has 0 spiro atoms. The molecule has 0 saturated carbocycles. The van der Waals surface area contributed by atoms with Crippen LogP contribution < -0.4 is 0 Å². The van der Waals surface area contributed by atoms with Gasteiger partial charge in [0.15, 0.2) is 0 Å². The third-order valence-corrected chi connectivity index (χ3v) is 4.81. The van der Waals surface area contributed by atoms with Crippen molar-refractivity contribution >= 4 is 0 Å². The molecule has 0 aliphatic carbocycles. The number of aromatic nitrogens is 2. The van der Waals surface area contributed by atoms with Crippen LogP contribution in [0.2, 0.25) is 0 Å². The summed E-state index contributed by atoms with van der Waals surface area (Å²) in [6.07, 6.45) is 1.25. The predicted molar refractivity (Wildman–Crippen MR) is 86.5 cm³/mol. The van der Waals surface area contributed by atoms with E-state index in [-0.39, 0.29) is 6.04 Å². The van der Waals surface area contributed by atoms with Crippen LogP contribution in [0.5, 0.6) is 0 Å². The third kappa shape index (κ3) is 3.64. The Balaban J connectivity index is 1.72. The molecule has 1 aromatic carbocycles. The molecule has 2 heterocycles. The van der Waals surface area contributed by atoms with E-state index < -0.39 is 11.7 Å². The number of likely N-dealkylation sites (tertiary alicyclic amines) is 1. The van der Waals surface area contributed by atoms with Gasteiger partial charge in [0.2, 0.25) is 0 Å². The minimum Gasteiger partial charge on any atom is -0.338 e. The molecule has 1 aliphatic heterocycles. The quantitative estimate of drug-likeness (QED) is 0.839. The number of hydrogen-bond donors (Lipinski definition) is 0. The van der Waals surface area contributed by atoms with Crippen molar-refractivity contribution in [1.29, 1.82) is 0 Å². The van der Waals surface area contributed by atoms with E-state index >= 15 is 0 Å². The molecule has 6 heteroatoms. The van der Waals surface area contributed by atoms with Crippen LogP contribution in [0.1, 0.15) is 36.2 Å². The van der Waals surface area contributed by atoms with Crippen LogP contribution >= 0.6 is 0 Å². The van der Waals surface area contributed by atoms with Crippen molar-refractivity contribution in [2.24, 2.45) is 13.0 Å². The first kappa shape index (κ1) is 17.0. The molecule has 3 rings (SSSR count). The molecule has 130 valence electrons. The Morgan fingerprint density at radius 3 is 2.50 bits per heavy atom. The van der Waals surface area contributed by atoms with Crippen molar-refractivity contribution < 1.29 is 13.2 Å². The molecule has 1 saturated heterocycles. The zero-order valence-electron chi connectivity index (χ0n) is 13.9. The third-order valence-electron chi connectivity index (χ3n) is 4.81. The Hall–Kier alpha value is -1.82. The molecule has 0 unspecified atom stereocenters. The van der Waals surface area contributed by atoms with E-state index in [0.29, 0.717) is 5.92 Å². The molecular formula is C18H22F3N3. The van der Waals surface area contributed by atoms with Crippen molar-refractivity contribution in [1.82, 2.24) is 14.5 Å². The lowest BCUT2D eigenvalue weighted by atomic mass is 9.99. The number of nitrogens with zero attached hydrogens (tertiary/aromatic N) is 3. The highest BCUT2D eigenvalue weighted by Crippen LogP contribution is 2.37. The van der Waals surface area contributed by atoms with Crippen molar-refractivity contribution in [3.8, 4) is 0 Å². The van der Waals surface area contributed by atoms with E-state index in [0.717, 1.165) is 31.5 Å². The molecule has 0 amide bonds. The Morgan fingerprint density at radius 1 is 1.21 bits per heavy atom. The number of benzene rings is 1. The van der Waals surface area contributed by atoms with Gasteiger partial charge in [-0.25, -0.2) is 4.98 Å². The fourth-order valence-electron chi connectivity index (χ4n) is 3.50. The summed E-state index contributed by atoms with van der Waals surface area (Å²) in [5.41, 5.74) is 1.55. The van der Waals surface area contributed by atoms with Crippen LogP contribution in [0.3, 0.4) is 0 Å². The summed E-state index contributed by atoms with van der Waals surface area (Å²) in [4.78, 5) is 6.50. The van der Waals surface area contributed by atoms with Gasteiger partial charge < -0.3 is 4.57 Å². The minimum absolute atomic E-state index is 0.190. The summed E-state index contributed by atoms with van der Waals surface area (Å²) in [6.45, 7) is 4.06. The summed E-state index contributed by atoms with van der Waals surface area (Å²) >= 11 is 0. The monoisotopic (exact) mass is 337 g/mol. The van der Waals surface area contributed by atoms with Crippen molar-refractivity contribution in [2.45, 2.75) is 32.0 Å². The van der Waals surface area contributed by atoms with E-state index in [1.165, 1.54) is 17.8 Å². The molecular weight excluding hydrogens is 315 g/mol. The zero-order valence-corrected chi connectivity index (χ0v) is 13.9. The highest BCUT2D eigenvalue weighted by molar-refractivity contribution is 5.27. The lowest BCUT2D eigenvalue weighted by molar-refractivity contribution is -0.137. The van der Waals surface area contributed by atoms with Crippen LogP contribution in [0, 0.1) is 5.92 Å². The first-order chi connectivity index (χ1) is 11.3. The van der Waals surface area contributed by atoms with Crippen molar-refractivity contribution in [3.63, 3.8) is 0 Å².